The number of hydrogen-bond donors (Lipinski definition) is 0. The van der Waals surface area contributed by atoms with Crippen LogP contribution in [-0.2, 0) is 14.2 Å². The summed E-state index contributed by atoms with van der Waals surface area (Å²) in [6.45, 7) is 2.29. The Balaban J connectivity index is 0. The molecule has 0 aromatic rings. The number of likely N-dealkylation sites (N-methyl/N-ethyl adjacent to an activating group) is 1. The maximum absolute atomic E-state index is 5.88. The Hall–Kier alpha value is 0.347. The molecule has 0 bridgehead atoms. The minimum absolute atomic E-state index is 0. The topological polar surface area (TPSA) is 30.9 Å². The van der Waals surface area contributed by atoms with Gasteiger partial charge in [-0.05, 0) is 20.5 Å². The van der Waals surface area contributed by atoms with Crippen LogP contribution in [0, 0.1) is 0 Å². The van der Waals surface area contributed by atoms with Crippen LogP contribution in [0.25, 0.3) is 0 Å². The number of ether oxygens (including phenoxy) is 3. The van der Waals surface area contributed by atoms with Gasteiger partial charge in [-0.2, -0.15) is 0 Å². The van der Waals surface area contributed by atoms with Crippen LogP contribution in [0.15, 0.2) is 0 Å². The molecule has 4 nitrogen and oxygen atoms in total. The summed E-state index contributed by atoms with van der Waals surface area (Å²) in [5.74, 6) is -0.688. The lowest BCUT2D eigenvalue weighted by Crippen LogP contribution is -2.66. The molecule has 0 N–H and O–H groups in total. The molecule has 1 unspecified atom stereocenters. The zero-order chi connectivity index (χ0) is 23.4. The molecule has 0 aromatic heterocycles. The standard InChI is InChI=1S/C26H57NO3Si.ClH/c1-7-8-9-10-11-12-13-14-15-16-17-18-19-20-21-22-23-24-25(28-4,29-5)26(31,30-6)27(2)3;/h7-24H2,1-6,31H3;1H. The monoisotopic (exact) mass is 495 g/mol. The summed E-state index contributed by atoms with van der Waals surface area (Å²) < 4.78 is 17.6. The van der Waals surface area contributed by atoms with Crippen LogP contribution in [0.4, 0.5) is 0 Å². The first-order valence-electron chi connectivity index (χ1n) is 13.3. The predicted octanol–water partition coefficient (Wildman–Crippen LogP) is 6.67. The van der Waals surface area contributed by atoms with Gasteiger partial charge in [0.25, 0.3) is 0 Å². The zero-order valence-corrected chi connectivity index (χ0v) is 25.6. The third-order valence-electron chi connectivity index (χ3n) is 7.23. The first-order chi connectivity index (χ1) is 14.9. The fourth-order valence-electron chi connectivity index (χ4n) is 4.66. The number of nitrogens with zero attached hydrogens (tertiary/aromatic N) is 1. The van der Waals surface area contributed by atoms with Crippen molar-refractivity contribution in [1.82, 2.24) is 4.90 Å². The number of unbranched alkanes of at least 4 members (excludes halogenated alkanes) is 16. The van der Waals surface area contributed by atoms with E-state index >= 15 is 0 Å². The molecule has 0 aromatic carbocycles. The van der Waals surface area contributed by atoms with Crippen molar-refractivity contribution in [3.05, 3.63) is 0 Å². The molecule has 0 fully saturated rings. The second-order valence-corrected chi connectivity index (χ2v) is 11.0. The first kappa shape index (κ1) is 34.5. The van der Waals surface area contributed by atoms with E-state index in [0.717, 1.165) is 23.1 Å². The highest BCUT2D eigenvalue weighted by atomic mass is 35.5. The minimum Gasteiger partial charge on any atom is -0.362 e. The van der Waals surface area contributed by atoms with Crippen molar-refractivity contribution in [2.45, 2.75) is 134 Å². The normalized spacial score (nSPS) is 14.0. The highest BCUT2D eigenvalue weighted by Gasteiger charge is 2.51. The highest BCUT2D eigenvalue weighted by molar-refractivity contribution is 6.15. The summed E-state index contributed by atoms with van der Waals surface area (Å²) in [5, 5.41) is -0.481. The Morgan fingerprint density at radius 3 is 1.12 bits per heavy atom. The molecule has 0 radical (unpaired) electrons. The molecule has 0 aliphatic heterocycles. The summed E-state index contributed by atoms with van der Waals surface area (Å²) in [6.07, 6.45) is 24.5. The van der Waals surface area contributed by atoms with Gasteiger partial charge in [0.05, 0.1) is 10.2 Å². The van der Waals surface area contributed by atoms with Crippen LogP contribution in [-0.4, -0.2) is 61.7 Å². The third kappa shape index (κ3) is 13.3. The van der Waals surface area contributed by atoms with E-state index < -0.39 is 11.1 Å². The lowest BCUT2D eigenvalue weighted by molar-refractivity contribution is -0.316. The molecule has 1 atom stereocenters. The van der Waals surface area contributed by atoms with Crippen LogP contribution < -0.4 is 0 Å². The number of rotatable bonds is 23. The van der Waals surface area contributed by atoms with Gasteiger partial charge in [-0.15, -0.1) is 12.4 Å². The van der Waals surface area contributed by atoms with Gasteiger partial charge < -0.3 is 14.2 Å². The van der Waals surface area contributed by atoms with Crippen LogP contribution in [0.5, 0.6) is 0 Å². The Bertz CT molecular complexity index is 397. The lowest BCUT2D eigenvalue weighted by Gasteiger charge is -2.49. The smallest absolute Gasteiger partial charge is 0.206 e. The van der Waals surface area contributed by atoms with E-state index in [4.69, 9.17) is 14.2 Å². The molecule has 0 aliphatic rings. The number of methoxy groups -OCH3 is 3. The molecule has 0 amide bonds. The Kier molecular flexibility index (Phi) is 23.6. The highest BCUT2D eigenvalue weighted by Crippen LogP contribution is 2.34. The maximum atomic E-state index is 5.88. The molecule has 6 heteroatoms. The van der Waals surface area contributed by atoms with Crippen molar-refractivity contribution >= 4 is 22.6 Å². The van der Waals surface area contributed by atoms with Gasteiger partial charge in [0.15, 0.2) is 0 Å². The quantitative estimate of drug-likeness (QED) is 0.0899. The summed E-state index contributed by atoms with van der Waals surface area (Å²) in [6, 6.07) is 0. The van der Waals surface area contributed by atoms with E-state index in [9.17, 15) is 0 Å². The van der Waals surface area contributed by atoms with Crippen molar-refractivity contribution in [2.24, 2.45) is 0 Å². The summed E-state index contributed by atoms with van der Waals surface area (Å²) >= 11 is 0. The van der Waals surface area contributed by atoms with E-state index in [0.29, 0.717) is 0 Å². The molecular weight excluding hydrogens is 438 g/mol. The second-order valence-electron chi connectivity index (χ2n) is 9.65. The van der Waals surface area contributed by atoms with Gasteiger partial charge in [-0.25, -0.2) is 0 Å². The largest absolute Gasteiger partial charge is 0.362 e. The molecule has 0 spiro atoms. The Morgan fingerprint density at radius 2 is 0.875 bits per heavy atom. The maximum Gasteiger partial charge on any atom is 0.206 e. The van der Waals surface area contributed by atoms with E-state index in [2.05, 4.69) is 11.8 Å². The van der Waals surface area contributed by atoms with E-state index in [1.807, 2.05) is 14.1 Å². The first-order valence-corrected chi connectivity index (χ1v) is 14.3. The van der Waals surface area contributed by atoms with E-state index in [1.54, 1.807) is 21.3 Å². The average Bonchev–Trinajstić information content (AvgIpc) is 2.78. The van der Waals surface area contributed by atoms with Crippen molar-refractivity contribution in [2.75, 3.05) is 35.4 Å². The predicted molar refractivity (Wildman–Crippen MR) is 146 cm³/mol. The molecule has 0 saturated heterocycles. The van der Waals surface area contributed by atoms with Gasteiger partial charge >= 0.3 is 0 Å². The van der Waals surface area contributed by atoms with Crippen LogP contribution >= 0.6 is 12.4 Å². The molecule has 0 heterocycles. The summed E-state index contributed by atoms with van der Waals surface area (Å²) in [5.41, 5.74) is 0. The molecule has 0 aliphatic carbocycles. The molecule has 32 heavy (non-hydrogen) atoms. The van der Waals surface area contributed by atoms with E-state index in [-0.39, 0.29) is 12.4 Å². The van der Waals surface area contributed by atoms with Crippen molar-refractivity contribution < 1.29 is 14.2 Å². The molecule has 196 valence electrons. The fraction of sp³-hybridized carbons (Fsp3) is 1.00. The summed E-state index contributed by atoms with van der Waals surface area (Å²) in [7, 11) is 10.1. The van der Waals surface area contributed by atoms with Gasteiger partial charge in [0.2, 0.25) is 5.79 Å². The van der Waals surface area contributed by atoms with Gasteiger partial charge in [0.1, 0.15) is 5.35 Å². The average molecular weight is 496 g/mol. The Labute approximate surface area is 210 Å². The van der Waals surface area contributed by atoms with Crippen molar-refractivity contribution in [3.63, 3.8) is 0 Å². The second kappa shape index (κ2) is 21.9. The van der Waals surface area contributed by atoms with Crippen molar-refractivity contribution in [1.29, 1.82) is 0 Å². The lowest BCUT2D eigenvalue weighted by atomic mass is 10.0. The van der Waals surface area contributed by atoms with Crippen LogP contribution in [0.1, 0.15) is 122 Å². The SMILES string of the molecule is CCCCCCCCCCCCCCCCCCCC(OC)(OC)C([SiH3])(OC)N(C)C.Cl. The number of halogens is 1. The van der Waals surface area contributed by atoms with E-state index in [1.165, 1.54) is 103 Å². The zero-order valence-electron chi connectivity index (χ0n) is 22.8. The number of hydrogen-bond acceptors (Lipinski definition) is 4. The molecule has 0 saturated carbocycles. The minimum atomic E-state index is -0.688. The van der Waals surface area contributed by atoms with Crippen LogP contribution in [0.3, 0.4) is 0 Å². The fourth-order valence-corrected chi connectivity index (χ4v) is 5.32. The molecular formula is C26H58ClNO3Si. The third-order valence-corrected chi connectivity index (χ3v) is 9.29. The van der Waals surface area contributed by atoms with Gasteiger partial charge in [-0.1, -0.05) is 110 Å². The van der Waals surface area contributed by atoms with Gasteiger partial charge in [-0.3, -0.25) is 4.90 Å². The Morgan fingerprint density at radius 1 is 0.562 bits per heavy atom. The van der Waals surface area contributed by atoms with Crippen molar-refractivity contribution in [3.8, 4) is 0 Å². The molecule has 0 rings (SSSR count). The van der Waals surface area contributed by atoms with Gasteiger partial charge in [0, 0.05) is 27.8 Å². The summed E-state index contributed by atoms with van der Waals surface area (Å²) in [4.78, 5) is 2.10. The van der Waals surface area contributed by atoms with Crippen LogP contribution in [0.2, 0.25) is 0 Å².